The maximum absolute atomic E-state index is 12.2. The molecule has 2 aromatic heterocycles. The van der Waals surface area contributed by atoms with E-state index >= 15 is 0 Å². The number of aryl methyl sites for hydroxylation is 2. The van der Waals surface area contributed by atoms with Crippen LogP contribution in [-0.2, 0) is 6.54 Å². The van der Waals surface area contributed by atoms with Gasteiger partial charge in [0.1, 0.15) is 0 Å². The van der Waals surface area contributed by atoms with Gasteiger partial charge < -0.3 is 15.1 Å². The van der Waals surface area contributed by atoms with Crippen LogP contribution in [0, 0.1) is 6.92 Å². The Kier molecular flexibility index (Phi) is 5.25. The molecular formula is C16H23N7O. The molecule has 1 fully saturated rings. The van der Waals surface area contributed by atoms with Crippen molar-refractivity contribution >= 4 is 12.0 Å². The third-order valence-electron chi connectivity index (χ3n) is 4.00. The summed E-state index contributed by atoms with van der Waals surface area (Å²) in [4.78, 5) is 24.6. The van der Waals surface area contributed by atoms with Gasteiger partial charge in [-0.3, -0.25) is 4.68 Å². The topological polar surface area (TPSA) is 79.2 Å². The third kappa shape index (κ3) is 4.21. The molecule has 0 aliphatic carbocycles. The number of piperazine rings is 1. The maximum Gasteiger partial charge on any atom is 0.317 e. The van der Waals surface area contributed by atoms with Crippen molar-refractivity contribution in [1.82, 2.24) is 30.0 Å². The molecule has 2 aromatic rings. The SMILES string of the molecule is Cc1cnn(CCCNC(=O)N2CCN(c3ncccn3)CC2)c1. The summed E-state index contributed by atoms with van der Waals surface area (Å²) in [6.07, 6.45) is 8.19. The Morgan fingerprint density at radius 1 is 1.21 bits per heavy atom. The first kappa shape index (κ1) is 16.2. The lowest BCUT2D eigenvalue weighted by atomic mass is 10.3. The summed E-state index contributed by atoms with van der Waals surface area (Å²) < 4.78 is 1.90. The van der Waals surface area contributed by atoms with Gasteiger partial charge in [0, 0.05) is 57.9 Å². The molecule has 1 aliphatic rings. The highest BCUT2D eigenvalue weighted by atomic mass is 16.2. The number of carbonyl (C=O) groups is 1. The van der Waals surface area contributed by atoms with Gasteiger partial charge in [-0.1, -0.05) is 0 Å². The molecule has 1 saturated heterocycles. The molecule has 24 heavy (non-hydrogen) atoms. The van der Waals surface area contributed by atoms with E-state index in [2.05, 4.69) is 25.3 Å². The van der Waals surface area contributed by atoms with Crippen molar-refractivity contribution in [2.75, 3.05) is 37.6 Å². The first-order chi connectivity index (χ1) is 11.7. The van der Waals surface area contributed by atoms with E-state index in [0.29, 0.717) is 19.6 Å². The molecule has 3 heterocycles. The summed E-state index contributed by atoms with van der Waals surface area (Å²) in [5.41, 5.74) is 1.15. The predicted octanol–water partition coefficient (Wildman–Crippen LogP) is 0.903. The van der Waals surface area contributed by atoms with E-state index in [1.54, 1.807) is 18.5 Å². The molecule has 8 heteroatoms. The second-order valence-corrected chi connectivity index (χ2v) is 5.89. The average Bonchev–Trinajstić information content (AvgIpc) is 3.05. The number of hydrogen-bond acceptors (Lipinski definition) is 5. The lowest BCUT2D eigenvalue weighted by Gasteiger charge is -2.34. The molecular weight excluding hydrogens is 306 g/mol. The van der Waals surface area contributed by atoms with Crippen LogP contribution < -0.4 is 10.2 Å². The van der Waals surface area contributed by atoms with Crippen molar-refractivity contribution in [1.29, 1.82) is 0 Å². The van der Waals surface area contributed by atoms with Crippen molar-refractivity contribution in [3.05, 3.63) is 36.4 Å². The van der Waals surface area contributed by atoms with E-state index in [1.807, 2.05) is 28.9 Å². The Morgan fingerprint density at radius 3 is 2.62 bits per heavy atom. The Labute approximate surface area is 141 Å². The van der Waals surface area contributed by atoms with Gasteiger partial charge in [0.05, 0.1) is 6.20 Å². The number of hydrogen-bond donors (Lipinski definition) is 1. The van der Waals surface area contributed by atoms with Crippen LogP contribution in [0.25, 0.3) is 0 Å². The summed E-state index contributed by atoms with van der Waals surface area (Å²) in [5.74, 6) is 0.729. The number of anilines is 1. The Balaban J connectivity index is 1.36. The number of urea groups is 1. The first-order valence-corrected chi connectivity index (χ1v) is 8.26. The Hall–Kier alpha value is -2.64. The molecule has 8 nitrogen and oxygen atoms in total. The van der Waals surface area contributed by atoms with E-state index < -0.39 is 0 Å². The second kappa shape index (κ2) is 7.76. The van der Waals surface area contributed by atoms with Gasteiger partial charge in [0.25, 0.3) is 0 Å². The summed E-state index contributed by atoms with van der Waals surface area (Å²) in [6, 6.07) is 1.80. The average molecular weight is 329 g/mol. The fourth-order valence-electron chi connectivity index (χ4n) is 2.70. The Bertz CT molecular complexity index is 649. The molecule has 0 aromatic carbocycles. The highest BCUT2D eigenvalue weighted by molar-refractivity contribution is 5.74. The number of nitrogens with one attached hydrogen (secondary N) is 1. The summed E-state index contributed by atoms with van der Waals surface area (Å²) >= 11 is 0. The molecule has 1 N–H and O–H groups in total. The minimum absolute atomic E-state index is 0.000255. The zero-order chi connectivity index (χ0) is 16.8. The van der Waals surface area contributed by atoms with Gasteiger partial charge in [-0.05, 0) is 25.0 Å². The molecule has 0 unspecified atom stereocenters. The standard InChI is InChI=1S/C16H23N7O/c1-14-12-20-23(13-14)7-3-6-19-16(24)22-10-8-21(9-11-22)15-17-4-2-5-18-15/h2,4-5,12-13H,3,6-11H2,1H3,(H,19,24). The van der Waals surface area contributed by atoms with Crippen molar-refractivity contribution in [2.24, 2.45) is 0 Å². The zero-order valence-corrected chi connectivity index (χ0v) is 13.9. The molecule has 0 saturated carbocycles. The molecule has 1 aliphatic heterocycles. The van der Waals surface area contributed by atoms with Crippen molar-refractivity contribution < 1.29 is 4.79 Å². The molecule has 0 spiro atoms. The minimum Gasteiger partial charge on any atom is -0.338 e. The van der Waals surface area contributed by atoms with Crippen LogP contribution in [0.2, 0.25) is 0 Å². The van der Waals surface area contributed by atoms with Gasteiger partial charge in [0.2, 0.25) is 5.95 Å². The van der Waals surface area contributed by atoms with Gasteiger partial charge >= 0.3 is 6.03 Å². The van der Waals surface area contributed by atoms with E-state index in [-0.39, 0.29) is 6.03 Å². The third-order valence-corrected chi connectivity index (χ3v) is 4.00. The lowest BCUT2D eigenvalue weighted by Crippen LogP contribution is -2.52. The Morgan fingerprint density at radius 2 is 1.96 bits per heavy atom. The second-order valence-electron chi connectivity index (χ2n) is 5.89. The van der Waals surface area contributed by atoms with Gasteiger partial charge in [0.15, 0.2) is 0 Å². The number of amides is 2. The number of nitrogens with zero attached hydrogens (tertiary/aromatic N) is 6. The van der Waals surface area contributed by atoms with Crippen LogP contribution in [0.3, 0.4) is 0 Å². The number of aromatic nitrogens is 4. The van der Waals surface area contributed by atoms with Crippen molar-refractivity contribution in [3.63, 3.8) is 0 Å². The highest BCUT2D eigenvalue weighted by Gasteiger charge is 2.21. The monoisotopic (exact) mass is 329 g/mol. The van der Waals surface area contributed by atoms with E-state index in [0.717, 1.165) is 37.6 Å². The zero-order valence-electron chi connectivity index (χ0n) is 13.9. The van der Waals surface area contributed by atoms with Crippen LogP contribution in [0.5, 0.6) is 0 Å². The largest absolute Gasteiger partial charge is 0.338 e. The van der Waals surface area contributed by atoms with Gasteiger partial charge in [-0.25, -0.2) is 14.8 Å². The van der Waals surface area contributed by atoms with E-state index in [1.165, 1.54) is 0 Å². The van der Waals surface area contributed by atoms with Gasteiger partial charge in [-0.15, -0.1) is 0 Å². The summed E-state index contributed by atoms with van der Waals surface area (Å²) in [7, 11) is 0. The van der Waals surface area contributed by atoms with Gasteiger partial charge in [-0.2, -0.15) is 5.10 Å². The molecule has 0 radical (unpaired) electrons. The van der Waals surface area contributed by atoms with E-state index in [4.69, 9.17) is 0 Å². The fourth-order valence-corrected chi connectivity index (χ4v) is 2.70. The summed E-state index contributed by atoms with van der Waals surface area (Å²) in [5, 5.41) is 7.22. The van der Waals surface area contributed by atoms with Crippen LogP contribution in [0.15, 0.2) is 30.9 Å². The minimum atomic E-state index is 0.000255. The number of rotatable bonds is 5. The first-order valence-electron chi connectivity index (χ1n) is 8.26. The normalized spacial score (nSPS) is 14.7. The lowest BCUT2D eigenvalue weighted by molar-refractivity contribution is 0.194. The predicted molar refractivity (Wildman–Crippen MR) is 90.8 cm³/mol. The van der Waals surface area contributed by atoms with Crippen molar-refractivity contribution in [3.8, 4) is 0 Å². The summed E-state index contributed by atoms with van der Waals surface area (Å²) in [6.45, 7) is 6.36. The van der Waals surface area contributed by atoms with Crippen LogP contribution in [-0.4, -0.2) is 63.4 Å². The smallest absolute Gasteiger partial charge is 0.317 e. The highest BCUT2D eigenvalue weighted by Crippen LogP contribution is 2.09. The van der Waals surface area contributed by atoms with E-state index in [9.17, 15) is 4.79 Å². The molecule has 3 rings (SSSR count). The molecule has 2 amide bonds. The quantitative estimate of drug-likeness (QED) is 0.825. The maximum atomic E-state index is 12.2. The number of carbonyl (C=O) groups excluding carboxylic acids is 1. The molecule has 0 atom stereocenters. The van der Waals surface area contributed by atoms with Crippen LogP contribution >= 0.6 is 0 Å². The molecule has 128 valence electrons. The van der Waals surface area contributed by atoms with Crippen molar-refractivity contribution in [2.45, 2.75) is 19.9 Å². The van der Waals surface area contributed by atoms with Crippen LogP contribution in [0.1, 0.15) is 12.0 Å². The van der Waals surface area contributed by atoms with Crippen LogP contribution in [0.4, 0.5) is 10.7 Å². The molecule has 0 bridgehead atoms. The fraction of sp³-hybridized carbons (Fsp3) is 0.500.